The number of aryl methyl sites for hydroxylation is 1. The van der Waals surface area contributed by atoms with Gasteiger partial charge in [0.25, 0.3) is 5.56 Å². The number of para-hydroxylation sites is 1. The number of carbonyl (C=O) groups is 1. The third-order valence-electron chi connectivity index (χ3n) is 3.15. The van der Waals surface area contributed by atoms with E-state index in [-0.39, 0.29) is 11.4 Å². The monoisotopic (exact) mass is 295 g/mol. The average Bonchev–Trinajstić information content (AvgIpc) is 2.48. The fourth-order valence-electron chi connectivity index (χ4n) is 2.18. The molecule has 0 saturated carbocycles. The van der Waals surface area contributed by atoms with Crippen LogP contribution >= 0.6 is 0 Å². The third-order valence-corrected chi connectivity index (χ3v) is 3.15. The van der Waals surface area contributed by atoms with Gasteiger partial charge < -0.3 is 9.15 Å². The minimum atomic E-state index is -0.453. The van der Waals surface area contributed by atoms with Gasteiger partial charge in [0.1, 0.15) is 11.3 Å². The molecule has 0 aliphatic heterocycles. The lowest BCUT2D eigenvalue weighted by Crippen LogP contribution is -2.08. The summed E-state index contributed by atoms with van der Waals surface area (Å²) in [7, 11) is 0. The Labute approximate surface area is 126 Å². The molecule has 110 valence electrons. The Morgan fingerprint density at radius 2 is 1.95 bits per heavy atom. The zero-order valence-electron chi connectivity index (χ0n) is 12.1. The number of aromatic nitrogens is 1. The molecule has 0 bridgehead atoms. The third kappa shape index (κ3) is 2.61. The molecule has 0 unspecified atom stereocenters. The Morgan fingerprint density at radius 3 is 2.73 bits per heavy atom. The summed E-state index contributed by atoms with van der Waals surface area (Å²) in [6, 6.07) is 12.1. The molecule has 1 aromatic heterocycles. The van der Waals surface area contributed by atoms with Crippen LogP contribution in [0.25, 0.3) is 22.4 Å². The van der Waals surface area contributed by atoms with Gasteiger partial charge in [-0.05, 0) is 31.2 Å². The predicted octanol–water partition coefficient (Wildman–Crippen LogP) is 3.09. The first-order chi connectivity index (χ1) is 10.5. The normalized spacial score (nSPS) is 10.6. The lowest BCUT2D eigenvalue weighted by molar-refractivity contribution is -0.131. The Hall–Kier alpha value is -2.95. The maximum Gasteiger partial charge on any atom is 0.308 e. The summed E-state index contributed by atoms with van der Waals surface area (Å²) < 4.78 is 10.8. The van der Waals surface area contributed by atoms with Crippen LogP contribution in [0.3, 0.4) is 0 Å². The summed E-state index contributed by atoms with van der Waals surface area (Å²) in [5, 5.41) is 0.425. The molecule has 0 atom stereocenters. The Kier molecular flexibility index (Phi) is 3.47. The van der Waals surface area contributed by atoms with Crippen molar-refractivity contribution < 1.29 is 13.9 Å². The van der Waals surface area contributed by atoms with Crippen molar-refractivity contribution in [2.45, 2.75) is 13.8 Å². The largest absolute Gasteiger partial charge is 0.437 e. The van der Waals surface area contributed by atoms with Crippen LogP contribution < -0.4 is 10.3 Å². The second kappa shape index (κ2) is 5.44. The highest BCUT2D eigenvalue weighted by Gasteiger charge is 2.14. The molecule has 22 heavy (non-hydrogen) atoms. The quantitative estimate of drug-likeness (QED) is 0.536. The number of fused-ring (bicyclic) bond motifs is 1. The number of hydrogen-bond donors (Lipinski definition) is 0. The van der Waals surface area contributed by atoms with E-state index in [1.165, 1.54) is 6.92 Å². The first-order valence-electron chi connectivity index (χ1n) is 6.74. The molecule has 2 aromatic carbocycles. The highest BCUT2D eigenvalue weighted by Crippen LogP contribution is 2.29. The van der Waals surface area contributed by atoms with Crippen molar-refractivity contribution in [3.8, 4) is 17.2 Å². The van der Waals surface area contributed by atoms with E-state index in [9.17, 15) is 9.59 Å². The summed E-state index contributed by atoms with van der Waals surface area (Å²) in [5.41, 5.74) is 1.47. The van der Waals surface area contributed by atoms with Crippen molar-refractivity contribution in [2.75, 3.05) is 0 Å². The van der Waals surface area contributed by atoms with E-state index in [0.29, 0.717) is 22.3 Å². The molecule has 5 heteroatoms. The Morgan fingerprint density at radius 1 is 1.18 bits per heavy atom. The van der Waals surface area contributed by atoms with Gasteiger partial charge in [-0.3, -0.25) is 9.59 Å². The number of benzene rings is 2. The van der Waals surface area contributed by atoms with Crippen LogP contribution in [-0.2, 0) is 4.79 Å². The summed E-state index contributed by atoms with van der Waals surface area (Å²) in [4.78, 5) is 27.3. The highest BCUT2D eigenvalue weighted by molar-refractivity contribution is 5.79. The topological polar surface area (TPSA) is 69.4 Å². The van der Waals surface area contributed by atoms with E-state index in [2.05, 4.69) is 4.98 Å². The van der Waals surface area contributed by atoms with Gasteiger partial charge in [-0.25, -0.2) is 0 Å². The average molecular weight is 295 g/mol. The van der Waals surface area contributed by atoms with Gasteiger partial charge in [-0.1, -0.05) is 23.8 Å². The fourth-order valence-corrected chi connectivity index (χ4v) is 2.18. The molecule has 0 N–H and O–H groups in total. The lowest BCUT2D eigenvalue weighted by Gasteiger charge is -2.07. The zero-order chi connectivity index (χ0) is 15.7. The first-order valence-corrected chi connectivity index (χ1v) is 6.74. The maximum atomic E-state index is 12.2. The molecule has 0 amide bonds. The SMILES string of the molecule is CC(=O)Oc1ccccc1-c1nc(=O)c2cc(C)ccc2o1. The lowest BCUT2D eigenvalue weighted by atomic mass is 10.1. The zero-order valence-corrected chi connectivity index (χ0v) is 12.1. The minimum Gasteiger partial charge on any atom is -0.437 e. The number of nitrogens with zero attached hydrogens (tertiary/aromatic N) is 1. The van der Waals surface area contributed by atoms with E-state index < -0.39 is 5.97 Å². The molecule has 0 aliphatic carbocycles. The molecular formula is C17H13NO4. The van der Waals surface area contributed by atoms with Crippen molar-refractivity contribution >= 4 is 16.9 Å². The molecular weight excluding hydrogens is 282 g/mol. The van der Waals surface area contributed by atoms with Gasteiger partial charge in [0.05, 0.1) is 10.9 Å². The van der Waals surface area contributed by atoms with Crippen LogP contribution in [0.2, 0.25) is 0 Å². The van der Waals surface area contributed by atoms with Crippen molar-refractivity contribution in [2.24, 2.45) is 0 Å². The molecule has 0 fully saturated rings. The fraction of sp³-hybridized carbons (Fsp3) is 0.118. The molecule has 0 saturated heterocycles. The second-order valence-corrected chi connectivity index (χ2v) is 4.91. The smallest absolute Gasteiger partial charge is 0.308 e. The first kappa shape index (κ1) is 14.0. The van der Waals surface area contributed by atoms with Gasteiger partial charge in [0, 0.05) is 6.92 Å². The van der Waals surface area contributed by atoms with Crippen molar-refractivity contribution in [1.29, 1.82) is 0 Å². The van der Waals surface area contributed by atoms with Crippen molar-refractivity contribution in [1.82, 2.24) is 4.98 Å². The standard InChI is InChI=1S/C17H13NO4/c1-10-7-8-15-13(9-10)16(20)18-17(22-15)12-5-3-4-6-14(12)21-11(2)19/h3-9H,1-2H3. The Balaban J connectivity index is 2.21. The number of esters is 1. The van der Waals surface area contributed by atoms with E-state index in [4.69, 9.17) is 9.15 Å². The van der Waals surface area contributed by atoms with Crippen LogP contribution in [0.1, 0.15) is 12.5 Å². The van der Waals surface area contributed by atoms with Crippen molar-refractivity contribution in [3.63, 3.8) is 0 Å². The van der Waals surface area contributed by atoms with Gasteiger partial charge in [0.2, 0.25) is 5.89 Å². The van der Waals surface area contributed by atoms with Crippen molar-refractivity contribution in [3.05, 3.63) is 58.4 Å². The van der Waals surface area contributed by atoms with E-state index in [1.807, 2.05) is 13.0 Å². The van der Waals surface area contributed by atoms with Gasteiger partial charge in [-0.2, -0.15) is 4.98 Å². The van der Waals surface area contributed by atoms with E-state index >= 15 is 0 Å². The van der Waals surface area contributed by atoms with Crippen LogP contribution in [0.5, 0.6) is 5.75 Å². The summed E-state index contributed by atoms with van der Waals surface area (Å²) in [6.45, 7) is 3.20. The van der Waals surface area contributed by atoms with E-state index in [0.717, 1.165) is 5.56 Å². The van der Waals surface area contributed by atoms with Gasteiger partial charge in [0.15, 0.2) is 0 Å². The number of hydrogen-bond acceptors (Lipinski definition) is 5. The van der Waals surface area contributed by atoms with Gasteiger partial charge >= 0.3 is 5.97 Å². The van der Waals surface area contributed by atoms with Crippen LogP contribution in [0.15, 0.2) is 51.7 Å². The van der Waals surface area contributed by atoms with E-state index in [1.54, 1.807) is 36.4 Å². The summed E-state index contributed by atoms with van der Waals surface area (Å²) in [5.74, 6) is -0.0264. The molecule has 0 spiro atoms. The number of carbonyl (C=O) groups excluding carboxylic acids is 1. The molecule has 3 rings (SSSR count). The molecule has 0 aliphatic rings. The summed E-state index contributed by atoms with van der Waals surface area (Å²) in [6.07, 6.45) is 0. The number of ether oxygens (including phenoxy) is 1. The molecule has 0 radical (unpaired) electrons. The molecule has 1 heterocycles. The minimum absolute atomic E-state index is 0.123. The maximum absolute atomic E-state index is 12.2. The van der Waals surface area contributed by atoms with Gasteiger partial charge in [-0.15, -0.1) is 0 Å². The van der Waals surface area contributed by atoms with Crippen LogP contribution in [0, 0.1) is 6.92 Å². The molecule has 3 aromatic rings. The predicted molar refractivity (Wildman–Crippen MR) is 81.8 cm³/mol. The second-order valence-electron chi connectivity index (χ2n) is 4.91. The Bertz CT molecular complexity index is 927. The highest BCUT2D eigenvalue weighted by atomic mass is 16.5. The number of rotatable bonds is 2. The molecule has 5 nitrogen and oxygen atoms in total. The van der Waals surface area contributed by atoms with Crippen LogP contribution in [-0.4, -0.2) is 11.0 Å². The van der Waals surface area contributed by atoms with Crippen LogP contribution in [0.4, 0.5) is 0 Å². The summed E-state index contributed by atoms with van der Waals surface area (Å²) >= 11 is 0.